The van der Waals surface area contributed by atoms with Gasteiger partial charge in [0.05, 0.1) is 30.8 Å². The fraction of sp³-hybridized carbons (Fsp3) is 0.200. The predicted octanol–water partition coefficient (Wildman–Crippen LogP) is 2.29. The highest BCUT2D eigenvalue weighted by molar-refractivity contribution is 7.14. The van der Waals surface area contributed by atoms with Gasteiger partial charge in [-0.05, 0) is 11.4 Å². The van der Waals surface area contributed by atoms with Crippen LogP contribution in [0.1, 0.15) is 20.7 Å². The van der Waals surface area contributed by atoms with Gasteiger partial charge in [0.1, 0.15) is 10.6 Å². The first-order valence-corrected chi connectivity index (χ1v) is 7.82. The van der Waals surface area contributed by atoms with E-state index >= 15 is 0 Å². The number of carbonyl (C=O) groups excluding carboxylic acids is 2. The maximum atomic E-state index is 12.5. The van der Waals surface area contributed by atoms with Crippen molar-refractivity contribution in [2.24, 2.45) is 0 Å². The van der Waals surface area contributed by atoms with Crippen LogP contribution in [0, 0.1) is 10.1 Å². The van der Waals surface area contributed by atoms with E-state index in [1.807, 2.05) is 0 Å². The second-order valence-electron chi connectivity index (χ2n) is 4.68. The first-order valence-electron chi connectivity index (χ1n) is 6.94. The lowest BCUT2D eigenvalue weighted by Crippen LogP contribution is -2.20. The average molecular weight is 365 g/mol. The smallest absolute Gasteiger partial charge is 0.286 e. The topological polar surface area (TPSA) is 120 Å². The van der Waals surface area contributed by atoms with E-state index in [9.17, 15) is 19.7 Å². The Morgan fingerprint density at radius 3 is 2.32 bits per heavy atom. The molecule has 2 amide bonds. The number of carbonyl (C=O) groups is 2. The fourth-order valence-corrected chi connectivity index (χ4v) is 2.87. The highest BCUT2D eigenvalue weighted by atomic mass is 32.1. The zero-order valence-corrected chi connectivity index (χ0v) is 14.4. The normalized spacial score (nSPS) is 10.0. The minimum atomic E-state index is -0.736. The molecule has 0 bridgehead atoms. The van der Waals surface area contributed by atoms with Crippen LogP contribution in [0.5, 0.6) is 11.5 Å². The van der Waals surface area contributed by atoms with Gasteiger partial charge in [-0.3, -0.25) is 19.7 Å². The van der Waals surface area contributed by atoms with Gasteiger partial charge in [-0.25, -0.2) is 0 Å². The van der Waals surface area contributed by atoms with Gasteiger partial charge in [0, 0.05) is 13.1 Å². The van der Waals surface area contributed by atoms with Crippen LogP contribution < -0.4 is 20.1 Å². The summed E-state index contributed by atoms with van der Waals surface area (Å²) in [7, 11) is 4.15. The summed E-state index contributed by atoms with van der Waals surface area (Å²) < 4.78 is 10.1. The average Bonchev–Trinajstić information content (AvgIpc) is 3.07. The van der Waals surface area contributed by atoms with Crippen LogP contribution >= 0.6 is 11.3 Å². The monoisotopic (exact) mass is 365 g/mol. The maximum Gasteiger partial charge on any atom is 0.286 e. The van der Waals surface area contributed by atoms with Crippen molar-refractivity contribution in [3.8, 4) is 11.5 Å². The molecule has 132 valence electrons. The maximum absolute atomic E-state index is 12.5. The second kappa shape index (κ2) is 7.62. The van der Waals surface area contributed by atoms with E-state index in [1.54, 1.807) is 11.4 Å². The number of ether oxygens (including phenoxy) is 2. The number of nitrogens with one attached hydrogen (secondary N) is 2. The number of methoxy groups -OCH3 is 2. The van der Waals surface area contributed by atoms with Crippen molar-refractivity contribution in [2.45, 2.75) is 0 Å². The van der Waals surface area contributed by atoms with Crippen LogP contribution in [0.3, 0.4) is 0 Å². The molecule has 0 unspecified atom stereocenters. The summed E-state index contributed by atoms with van der Waals surface area (Å²) in [5.74, 6) is -0.803. The molecule has 10 heteroatoms. The predicted molar refractivity (Wildman–Crippen MR) is 91.9 cm³/mol. The number of nitrogens with zero attached hydrogens (tertiary/aromatic N) is 1. The van der Waals surface area contributed by atoms with Crippen molar-refractivity contribution in [2.75, 3.05) is 26.6 Å². The van der Waals surface area contributed by atoms with Gasteiger partial charge in [-0.15, -0.1) is 11.3 Å². The molecule has 0 radical (unpaired) electrons. The molecular formula is C15H15N3O6S. The molecule has 0 aliphatic carbocycles. The van der Waals surface area contributed by atoms with Gasteiger partial charge < -0.3 is 20.1 Å². The number of rotatable bonds is 6. The van der Waals surface area contributed by atoms with E-state index in [0.29, 0.717) is 0 Å². The number of hydrogen-bond acceptors (Lipinski definition) is 7. The number of hydrogen-bond donors (Lipinski definition) is 2. The number of nitro benzene ring substituents is 1. The molecule has 0 atom stereocenters. The van der Waals surface area contributed by atoms with Crippen molar-refractivity contribution in [1.82, 2.24) is 5.32 Å². The highest BCUT2D eigenvalue weighted by Crippen LogP contribution is 2.35. The summed E-state index contributed by atoms with van der Waals surface area (Å²) >= 11 is 1.13. The standard InChI is InChI=1S/C15H15N3O6S/c1-16-13(19)8-4-5-25-15(8)17-14(20)9-6-11(23-2)12(24-3)7-10(9)18(21)22/h4-7H,1-3H3,(H,16,19)(H,17,20). The summed E-state index contributed by atoms with van der Waals surface area (Å²) in [5, 5.41) is 18.2. The molecule has 2 aromatic rings. The molecule has 2 N–H and O–H groups in total. The summed E-state index contributed by atoms with van der Waals surface area (Å²) in [5.41, 5.74) is -0.379. The number of thiophene rings is 1. The van der Waals surface area contributed by atoms with E-state index < -0.39 is 16.5 Å². The van der Waals surface area contributed by atoms with Crippen molar-refractivity contribution in [1.29, 1.82) is 0 Å². The SMILES string of the molecule is CNC(=O)c1ccsc1NC(=O)c1cc(OC)c(OC)cc1[N+](=O)[O-]. The Kier molecular flexibility index (Phi) is 5.55. The molecule has 1 aromatic heterocycles. The third-order valence-electron chi connectivity index (χ3n) is 3.31. The van der Waals surface area contributed by atoms with Crippen molar-refractivity contribution < 1.29 is 24.0 Å². The van der Waals surface area contributed by atoms with Crippen LogP contribution in [0.2, 0.25) is 0 Å². The van der Waals surface area contributed by atoms with Crippen LogP contribution in [0.15, 0.2) is 23.6 Å². The molecule has 2 rings (SSSR count). The Hall–Kier alpha value is -3.14. The Balaban J connectivity index is 2.44. The Bertz CT molecular complexity index is 833. The van der Waals surface area contributed by atoms with Gasteiger partial charge in [-0.2, -0.15) is 0 Å². The zero-order chi connectivity index (χ0) is 18.6. The minimum absolute atomic E-state index is 0.132. The van der Waals surface area contributed by atoms with Crippen molar-refractivity contribution in [3.05, 3.63) is 44.8 Å². The van der Waals surface area contributed by atoms with Gasteiger partial charge in [0.2, 0.25) is 0 Å². The van der Waals surface area contributed by atoms with E-state index in [4.69, 9.17) is 9.47 Å². The second-order valence-corrected chi connectivity index (χ2v) is 5.59. The summed E-state index contributed by atoms with van der Waals surface area (Å²) in [6.07, 6.45) is 0. The quantitative estimate of drug-likeness (QED) is 0.599. The first-order chi connectivity index (χ1) is 11.9. The third kappa shape index (κ3) is 3.69. The molecule has 1 heterocycles. The number of anilines is 1. The van der Waals surface area contributed by atoms with Gasteiger partial charge in [0.15, 0.2) is 11.5 Å². The van der Waals surface area contributed by atoms with Gasteiger partial charge in [-0.1, -0.05) is 0 Å². The number of nitro groups is 1. The molecule has 0 saturated heterocycles. The molecular weight excluding hydrogens is 350 g/mol. The molecule has 0 aliphatic heterocycles. The van der Waals surface area contributed by atoms with Crippen LogP contribution in [0.4, 0.5) is 10.7 Å². The molecule has 0 aliphatic rings. The third-order valence-corrected chi connectivity index (χ3v) is 4.14. The Morgan fingerprint density at radius 2 is 1.76 bits per heavy atom. The van der Waals surface area contributed by atoms with E-state index in [2.05, 4.69) is 10.6 Å². The van der Waals surface area contributed by atoms with Gasteiger partial charge in [0.25, 0.3) is 17.5 Å². The number of amides is 2. The molecule has 0 spiro atoms. The summed E-state index contributed by atoms with van der Waals surface area (Å²) in [4.78, 5) is 34.9. The Morgan fingerprint density at radius 1 is 1.12 bits per heavy atom. The molecule has 1 aromatic carbocycles. The van der Waals surface area contributed by atoms with Crippen molar-refractivity contribution in [3.63, 3.8) is 0 Å². The lowest BCUT2D eigenvalue weighted by atomic mass is 10.1. The zero-order valence-electron chi connectivity index (χ0n) is 13.6. The van der Waals surface area contributed by atoms with Crippen molar-refractivity contribution >= 4 is 33.8 Å². The van der Waals surface area contributed by atoms with Crippen LogP contribution in [-0.2, 0) is 0 Å². The highest BCUT2D eigenvalue weighted by Gasteiger charge is 2.26. The fourth-order valence-electron chi connectivity index (χ4n) is 2.09. The van der Waals surface area contributed by atoms with E-state index in [0.717, 1.165) is 17.4 Å². The summed E-state index contributed by atoms with van der Waals surface area (Å²) in [6.45, 7) is 0. The van der Waals surface area contributed by atoms with E-state index in [1.165, 1.54) is 27.3 Å². The summed E-state index contributed by atoms with van der Waals surface area (Å²) in [6, 6.07) is 3.88. The molecule has 0 fully saturated rings. The largest absolute Gasteiger partial charge is 0.493 e. The van der Waals surface area contributed by atoms with Crippen LogP contribution in [-0.4, -0.2) is 38.0 Å². The van der Waals surface area contributed by atoms with E-state index in [-0.39, 0.29) is 33.5 Å². The first kappa shape index (κ1) is 18.2. The van der Waals surface area contributed by atoms with Gasteiger partial charge >= 0.3 is 0 Å². The Labute approximate surface area is 146 Å². The number of benzene rings is 1. The lowest BCUT2D eigenvalue weighted by molar-refractivity contribution is -0.385. The lowest BCUT2D eigenvalue weighted by Gasteiger charge is -2.11. The molecule has 0 saturated carbocycles. The minimum Gasteiger partial charge on any atom is -0.493 e. The molecule has 9 nitrogen and oxygen atoms in total. The van der Waals surface area contributed by atoms with Crippen LogP contribution in [0.25, 0.3) is 0 Å². The molecule has 25 heavy (non-hydrogen) atoms.